The highest BCUT2D eigenvalue weighted by molar-refractivity contribution is 6.04. The number of aryl methyl sites for hydroxylation is 2. The molecule has 1 aromatic heterocycles. The molecule has 2 rings (SSSR count). The van der Waals surface area contributed by atoms with Crippen molar-refractivity contribution in [3.8, 4) is 0 Å². The van der Waals surface area contributed by atoms with E-state index in [0.29, 0.717) is 18.8 Å². The number of pyridine rings is 1. The first-order valence-corrected chi connectivity index (χ1v) is 8.30. The van der Waals surface area contributed by atoms with Gasteiger partial charge in [-0.25, -0.2) is 0 Å². The molecule has 2 N–H and O–H groups in total. The van der Waals surface area contributed by atoms with E-state index in [2.05, 4.69) is 29.5 Å². The molecule has 0 bridgehead atoms. The van der Waals surface area contributed by atoms with Crippen molar-refractivity contribution in [2.75, 3.05) is 30.9 Å². The van der Waals surface area contributed by atoms with Crippen molar-refractivity contribution in [1.82, 2.24) is 4.98 Å². The van der Waals surface area contributed by atoms with E-state index in [1.54, 1.807) is 19.4 Å². The zero-order valence-electron chi connectivity index (χ0n) is 14.6. The van der Waals surface area contributed by atoms with Gasteiger partial charge < -0.3 is 15.4 Å². The maximum absolute atomic E-state index is 12.6. The number of amides is 1. The number of rotatable bonds is 8. The average Bonchev–Trinajstić information content (AvgIpc) is 2.62. The second kappa shape index (κ2) is 9.03. The highest BCUT2D eigenvalue weighted by Crippen LogP contribution is 2.23. The van der Waals surface area contributed by atoms with Crippen LogP contribution in [0.2, 0.25) is 0 Å². The number of aromatic nitrogens is 1. The minimum Gasteiger partial charge on any atom is -0.383 e. The van der Waals surface area contributed by atoms with Crippen molar-refractivity contribution in [3.63, 3.8) is 0 Å². The molecule has 0 aliphatic carbocycles. The minimum absolute atomic E-state index is 0.194. The van der Waals surface area contributed by atoms with E-state index in [-0.39, 0.29) is 5.91 Å². The lowest BCUT2D eigenvalue weighted by Gasteiger charge is -2.14. The van der Waals surface area contributed by atoms with Gasteiger partial charge in [0.2, 0.25) is 0 Å². The summed E-state index contributed by atoms with van der Waals surface area (Å²) in [7, 11) is 1.66. The predicted octanol–water partition coefficient (Wildman–Crippen LogP) is 3.52. The fraction of sp³-hybridized carbons (Fsp3) is 0.368. The predicted molar refractivity (Wildman–Crippen MR) is 97.8 cm³/mol. The topological polar surface area (TPSA) is 63.2 Å². The molecule has 0 aliphatic heterocycles. The van der Waals surface area contributed by atoms with Crippen molar-refractivity contribution >= 4 is 17.3 Å². The summed E-state index contributed by atoms with van der Waals surface area (Å²) in [4.78, 5) is 16.8. The molecule has 5 heteroatoms. The molecule has 5 nitrogen and oxygen atoms in total. The molecule has 1 heterocycles. The number of nitrogens with one attached hydrogen (secondary N) is 2. The quantitative estimate of drug-likeness (QED) is 0.728. The SMILES string of the molecule is CCc1cccc(CC)c1NC(=O)c1cc(NCCOC)ccn1. The molecule has 0 spiro atoms. The second-order valence-corrected chi connectivity index (χ2v) is 5.46. The average molecular weight is 327 g/mol. The molecule has 0 saturated heterocycles. The van der Waals surface area contributed by atoms with Crippen LogP contribution in [0.3, 0.4) is 0 Å². The molecule has 0 aliphatic rings. The van der Waals surface area contributed by atoms with Gasteiger partial charge in [0, 0.05) is 31.2 Å². The first-order chi connectivity index (χ1) is 11.7. The highest BCUT2D eigenvalue weighted by atomic mass is 16.5. The van der Waals surface area contributed by atoms with E-state index in [4.69, 9.17) is 4.74 Å². The molecule has 0 saturated carbocycles. The molecule has 1 amide bonds. The number of nitrogens with zero attached hydrogens (tertiary/aromatic N) is 1. The standard InChI is InChI=1S/C19H25N3O2/c1-4-14-7-6-8-15(5-2)18(14)22-19(23)17-13-16(9-10-21-17)20-11-12-24-3/h6-10,13H,4-5,11-12H2,1-3H3,(H,20,21)(H,22,23). The number of carbonyl (C=O) groups excluding carboxylic acids is 1. The maximum Gasteiger partial charge on any atom is 0.274 e. The molecule has 0 atom stereocenters. The van der Waals surface area contributed by atoms with E-state index >= 15 is 0 Å². The van der Waals surface area contributed by atoms with E-state index < -0.39 is 0 Å². The van der Waals surface area contributed by atoms with E-state index in [9.17, 15) is 4.79 Å². The van der Waals surface area contributed by atoms with Gasteiger partial charge in [-0.1, -0.05) is 32.0 Å². The van der Waals surface area contributed by atoms with Gasteiger partial charge in [0.25, 0.3) is 5.91 Å². The molecule has 1 aromatic carbocycles. The van der Waals surface area contributed by atoms with E-state index in [1.165, 1.54) is 0 Å². The number of anilines is 2. The van der Waals surface area contributed by atoms with Gasteiger partial charge in [-0.2, -0.15) is 0 Å². The first-order valence-electron chi connectivity index (χ1n) is 8.30. The van der Waals surface area contributed by atoms with Gasteiger partial charge in [-0.15, -0.1) is 0 Å². The second-order valence-electron chi connectivity index (χ2n) is 5.46. The summed E-state index contributed by atoms with van der Waals surface area (Å²) in [6.07, 6.45) is 3.38. The lowest BCUT2D eigenvalue weighted by atomic mass is 10.0. The molecule has 0 unspecified atom stereocenters. The Morgan fingerprint density at radius 3 is 2.50 bits per heavy atom. The first kappa shape index (κ1) is 17.9. The number of methoxy groups -OCH3 is 1. The third-order valence-corrected chi connectivity index (χ3v) is 3.87. The Balaban J connectivity index is 2.17. The lowest BCUT2D eigenvalue weighted by Crippen LogP contribution is -2.17. The molecule has 24 heavy (non-hydrogen) atoms. The Morgan fingerprint density at radius 2 is 1.88 bits per heavy atom. The van der Waals surface area contributed by atoms with Gasteiger partial charge in [0.15, 0.2) is 0 Å². The molecule has 2 aromatic rings. The zero-order chi connectivity index (χ0) is 17.4. The summed E-state index contributed by atoms with van der Waals surface area (Å²) in [5.74, 6) is -0.194. The van der Waals surface area contributed by atoms with Gasteiger partial charge in [-0.05, 0) is 36.1 Å². The number of hydrogen-bond donors (Lipinski definition) is 2. The largest absolute Gasteiger partial charge is 0.383 e. The van der Waals surface area contributed by atoms with Gasteiger partial charge >= 0.3 is 0 Å². The summed E-state index contributed by atoms with van der Waals surface area (Å²) in [5, 5.41) is 6.24. The normalized spacial score (nSPS) is 10.5. The van der Waals surface area contributed by atoms with Crippen LogP contribution in [0.15, 0.2) is 36.5 Å². The Bertz CT molecular complexity index is 664. The van der Waals surface area contributed by atoms with Crippen molar-refractivity contribution in [1.29, 1.82) is 0 Å². The van der Waals surface area contributed by atoms with Gasteiger partial charge in [0.05, 0.1) is 6.61 Å². The fourth-order valence-electron chi connectivity index (χ4n) is 2.54. The minimum atomic E-state index is -0.194. The third kappa shape index (κ3) is 4.55. The number of benzene rings is 1. The Kier molecular flexibility index (Phi) is 6.75. The summed E-state index contributed by atoms with van der Waals surface area (Å²) in [6.45, 7) is 5.46. The molecule has 128 valence electrons. The lowest BCUT2D eigenvalue weighted by molar-refractivity contribution is 0.102. The summed E-state index contributed by atoms with van der Waals surface area (Å²) < 4.78 is 5.01. The fourth-order valence-corrected chi connectivity index (χ4v) is 2.54. The number of para-hydroxylation sites is 1. The Labute approximate surface area is 143 Å². The van der Waals surface area contributed by atoms with E-state index in [0.717, 1.165) is 35.3 Å². The van der Waals surface area contributed by atoms with Crippen molar-refractivity contribution in [2.45, 2.75) is 26.7 Å². The Hall–Kier alpha value is -2.40. The molecular weight excluding hydrogens is 302 g/mol. The van der Waals surface area contributed by atoms with Crippen LogP contribution in [0.1, 0.15) is 35.5 Å². The monoisotopic (exact) mass is 327 g/mol. The summed E-state index contributed by atoms with van der Waals surface area (Å²) in [5.41, 5.74) is 4.43. The van der Waals surface area contributed by atoms with Crippen LogP contribution in [-0.4, -0.2) is 31.2 Å². The Morgan fingerprint density at radius 1 is 1.17 bits per heavy atom. The van der Waals surface area contributed by atoms with Crippen LogP contribution in [0.5, 0.6) is 0 Å². The summed E-state index contributed by atoms with van der Waals surface area (Å²) in [6, 6.07) is 9.72. The van der Waals surface area contributed by atoms with Crippen molar-refractivity contribution < 1.29 is 9.53 Å². The molecular formula is C19H25N3O2. The zero-order valence-corrected chi connectivity index (χ0v) is 14.6. The highest BCUT2D eigenvalue weighted by Gasteiger charge is 2.13. The number of ether oxygens (including phenoxy) is 1. The van der Waals surface area contributed by atoms with Gasteiger partial charge in [0.1, 0.15) is 5.69 Å². The summed E-state index contributed by atoms with van der Waals surface area (Å²) >= 11 is 0. The number of carbonyl (C=O) groups is 1. The van der Waals surface area contributed by atoms with Crippen LogP contribution in [0, 0.1) is 0 Å². The van der Waals surface area contributed by atoms with Crippen LogP contribution < -0.4 is 10.6 Å². The maximum atomic E-state index is 12.6. The van der Waals surface area contributed by atoms with Crippen molar-refractivity contribution in [2.24, 2.45) is 0 Å². The van der Waals surface area contributed by atoms with Gasteiger partial charge in [-0.3, -0.25) is 9.78 Å². The van der Waals surface area contributed by atoms with E-state index in [1.807, 2.05) is 24.3 Å². The van der Waals surface area contributed by atoms with Crippen LogP contribution in [0.4, 0.5) is 11.4 Å². The van der Waals surface area contributed by atoms with Crippen LogP contribution >= 0.6 is 0 Å². The van der Waals surface area contributed by atoms with Crippen LogP contribution in [-0.2, 0) is 17.6 Å². The van der Waals surface area contributed by atoms with Crippen LogP contribution in [0.25, 0.3) is 0 Å². The third-order valence-electron chi connectivity index (χ3n) is 3.87. The molecule has 0 radical (unpaired) electrons. The number of hydrogen-bond acceptors (Lipinski definition) is 4. The smallest absolute Gasteiger partial charge is 0.274 e. The van der Waals surface area contributed by atoms with Crippen molar-refractivity contribution in [3.05, 3.63) is 53.3 Å². The molecule has 0 fully saturated rings.